The summed E-state index contributed by atoms with van der Waals surface area (Å²) in [7, 11) is 0. The molecular formula is C10H12O4. The minimum absolute atomic E-state index is 0.190. The van der Waals surface area contributed by atoms with Crippen molar-refractivity contribution in [1.82, 2.24) is 0 Å². The molecule has 14 heavy (non-hydrogen) atoms. The molecule has 0 saturated carbocycles. The Morgan fingerprint density at radius 3 is 2.21 bits per heavy atom. The van der Waals surface area contributed by atoms with E-state index in [-0.39, 0.29) is 12.7 Å². The molecule has 1 atom stereocenters. The Hall–Kier alpha value is -1.39. The second-order valence-corrected chi connectivity index (χ2v) is 2.81. The third-order valence-corrected chi connectivity index (χ3v) is 1.63. The van der Waals surface area contributed by atoms with Gasteiger partial charge in [-0.1, -0.05) is 18.2 Å². The lowest BCUT2D eigenvalue weighted by molar-refractivity contribution is 0.0697. The van der Waals surface area contributed by atoms with Gasteiger partial charge in [-0.25, -0.2) is 4.79 Å². The molecule has 4 heteroatoms. The third-order valence-electron chi connectivity index (χ3n) is 1.63. The molecular weight excluding hydrogens is 184 g/mol. The molecule has 0 aromatic heterocycles. The van der Waals surface area contributed by atoms with Gasteiger partial charge < -0.3 is 14.9 Å². The van der Waals surface area contributed by atoms with Crippen LogP contribution in [0.2, 0.25) is 0 Å². The molecule has 1 unspecified atom stereocenters. The number of hydrogen-bond donors (Lipinski definition) is 2. The first-order valence-electron chi connectivity index (χ1n) is 4.25. The van der Waals surface area contributed by atoms with Gasteiger partial charge in [0, 0.05) is 0 Å². The highest BCUT2D eigenvalue weighted by Crippen LogP contribution is 2.04. The molecule has 1 aromatic rings. The summed E-state index contributed by atoms with van der Waals surface area (Å²) in [5, 5.41) is 16.5. The van der Waals surface area contributed by atoms with E-state index in [0.29, 0.717) is 5.56 Å². The Balaban J connectivity index is 0.000000165. The van der Waals surface area contributed by atoms with Gasteiger partial charge in [-0.05, 0) is 12.1 Å². The number of rotatable bonds is 2. The number of aliphatic hydroxyl groups is 1. The lowest BCUT2D eigenvalue weighted by atomic mass is 10.2. The molecule has 0 bridgehead atoms. The molecule has 0 radical (unpaired) electrons. The summed E-state index contributed by atoms with van der Waals surface area (Å²) in [6.45, 7) is 0.955. The summed E-state index contributed by atoms with van der Waals surface area (Å²) in [6.07, 6.45) is 0.190. The molecule has 2 N–H and O–H groups in total. The van der Waals surface area contributed by atoms with Crippen molar-refractivity contribution in [2.75, 3.05) is 13.2 Å². The Labute approximate surface area is 81.8 Å². The molecule has 1 aromatic carbocycles. The number of hydrogen-bond acceptors (Lipinski definition) is 3. The zero-order valence-electron chi connectivity index (χ0n) is 7.59. The number of benzene rings is 1. The Morgan fingerprint density at radius 2 is 2.00 bits per heavy atom. The largest absolute Gasteiger partial charge is 0.478 e. The van der Waals surface area contributed by atoms with Crippen molar-refractivity contribution in [3.8, 4) is 0 Å². The predicted molar refractivity (Wildman–Crippen MR) is 50.2 cm³/mol. The van der Waals surface area contributed by atoms with Crippen molar-refractivity contribution in [2.45, 2.75) is 6.10 Å². The summed E-state index contributed by atoms with van der Waals surface area (Å²) in [6, 6.07) is 8.30. The molecule has 4 nitrogen and oxygen atoms in total. The summed E-state index contributed by atoms with van der Waals surface area (Å²) in [5.74, 6) is -0.879. The van der Waals surface area contributed by atoms with Crippen molar-refractivity contribution in [1.29, 1.82) is 0 Å². The summed E-state index contributed by atoms with van der Waals surface area (Å²) < 4.78 is 4.61. The van der Waals surface area contributed by atoms with Crippen LogP contribution in [0.5, 0.6) is 0 Å². The van der Waals surface area contributed by atoms with E-state index in [1.165, 1.54) is 0 Å². The lowest BCUT2D eigenvalue weighted by Crippen LogP contribution is -1.93. The van der Waals surface area contributed by atoms with Crippen molar-refractivity contribution in [3.63, 3.8) is 0 Å². The van der Waals surface area contributed by atoms with E-state index in [0.717, 1.165) is 6.61 Å². The van der Waals surface area contributed by atoms with E-state index < -0.39 is 5.97 Å². The van der Waals surface area contributed by atoms with Crippen LogP contribution in [0.25, 0.3) is 0 Å². The minimum atomic E-state index is -0.879. The first-order valence-corrected chi connectivity index (χ1v) is 4.25. The van der Waals surface area contributed by atoms with E-state index in [9.17, 15) is 4.79 Å². The molecule has 0 spiro atoms. The number of carboxylic acids is 1. The number of carboxylic acid groups (broad SMARTS) is 1. The molecule has 1 aliphatic rings. The van der Waals surface area contributed by atoms with Crippen molar-refractivity contribution >= 4 is 5.97 Å². The van der Waals surface area contributed by atoms with Crippen molar-refractivity contribution < 1.29 is 19.7 Å². The topological polar surface area (TPSA) is 70.1 Å². The van der Waals surface area contributed by atoms with Gasteiger partial charge in [-0.2, -0.15) is 0 Å². The highest BCUT2D eigenvalue weighted by atomic mass is 16.6. The maximum absolute atomic E-state index is 10.2. The van der Waals surface area contributed by atoms with Gasteiger partial charge in [0.2, 0.25) is 0 Å². The van der Waals surface area contributed by atoms with Crippen LogP contribution in [0.3, 0.4) is 0 Å². The lowest BCUT2D eigenvalue weighted by Gasteiger charge is -1.88. The van der Waals surface area contributed by atoms with E-state index in [1.807, 2.05) is 0 Å². The van der Waals surface area contributed by atoms with Gasteiger partial charge in [0.15, 0.2) is 0 Å². The molecule has 0 aliphatic carbocycles. The predicted octanol–water partition coefficient (Wildman–Crippen LogP) is 0.762. The molecule has 2 rings (SSSR count). The van der Waals surface area contributed by atoms with Gasteiger partial charge >= 0.3 is 5.97 Å². The SMILES string of the molecule is O=C(O)c1ccccc1.OCC1CO1. The van der Waals surface area contributed by atoms with E-state index in [4.69, 9.17) is 10.2 Å². The molecule has 1 aliphatic heterocycles. The van der Waals surface area contributed by atoms with Crippen LogP contribution in [0.1, 0.15) is 10.4 Å². The maximum Gasteiger partial charge on any atom is 0.335 e. The Bertz CT molecular complexity index is 279. The van der Waals surface area contributed by atoms with Crippen LogP contribution >= 0.6 is 0 Å². The zero-order valence-corrected chi connectivity index (χ0v) is 7.59. The average molecular weight is 196 g/mol. The van der Waals surface area contributed by atoms with Crippen LogP contribution < -0.4 is 0 Å². The van der Waals surface area contributed by atoms with Gasteiger partial charge in [-0.3, -0.25) is 0 Å². The number of ether oxygens (including phenoxy) is 1. The second-order valence-electron chi connectivity index (χ2n) is 2.81. The Morgan fingerprint density at radius 1 is 1.43 bits per heavy atom. The first-order chi connectivity index (χ1) is 6.74. The van der Waals surface area contributed by atoms with Gasteiger partial charge in [0.1, 0.15) is 6.10 Å². The Kier molecular flexibility index (Phi) is 4.10. The third kappa shape index (κ3) is 4.02. The fourth-order valence-electron chi connectivity index (χ4n) is 0.754. The van der Waals surface area contributed by atoms with Crippen LogP contribution in [0.4, 0.5) is 0 Å². The van der Waals surface area contributed by atoms with Gasteiger partial charge in [0.05, 0.1) is 18.8 Å². The van der Waals surface area contributed by atoms with Crippen LogP contribution in [-0.4, -0.2) is 35.5 Å². The minimum Gasteiger partial charge on any atom is -0.478 e. The fraction of sp³-hybridized carbons (Fsp3) is 0.300. The van der Waals surface area contributed by atoms with E-state index in [2.05, 4.69) is 4.74 Å². The van der Waals surface area contributed by atoms with Crippen molar-refractivity contribution in [3.05, 3.63) is 35.9 Å². The molecule has 0 amide bonds. The zero-order chi connectivity index (χ0) is 10.4. The smallest absolute Gasteiger partial charge is 0.335 e. The van der Waals surface area contributed by atoms with Gasteiger partial charge in [0.25, 0.3) is 0 Å². The highest BCUT2D eigenvalue weighted by molar-refractivity contribution is 5.87. The van der Waals surface area contributed by atoms with Crippen LogP contribution in [0, 0.1) is 0 Å². The molecule has 1 saturated heterocycles. The fourth-order valence-corrected chi connectivity index (χ4v) is 0.754. The van der Waals surface area contributed by atoms with Gasteiger partial charge in [-0.15, -0.1) is 0 Å². The second kappa shape index (κ2) is 5.36. The van der Waals surface area contributed by atoms with Crippen LogP contribution in [-0.2, 0) is 4.74 Å². The summed E-state index contributed by atoms with van der Waals surface area (Å²) in [4.78, 5) is 10.2. The number of carbonyl (C=O) groups is 1. The molecule has 76 valence electrons. The quantitative estimate of drug-likeness (QED) is 0.685. The monoisotopic (exact) mass is 196 g/mol. The van der Waals surface area contributed by atoms with Crippen LogP contribution in [0.15, 0.2) is 30.3 Å². The van der Waals surface area contributed by atoms with E-state index in [1.54, 1.807) is 30.3 Å². The maximum atomic E-state index is 10.2. The normalized spacial score (nSPS) is 17.9. The van der Waals surface area contributed by atoms with E-state index >= 15 is 0 Å². The number of aliphatic hydroxyl groups excluding tert-OH is 1. The molecule has 1 fully saturated rings. The van der Waals surface area contributed by atoms with Crippen molar-refractivity contribution in [2.24, 2.45) is 0 Å². The highest BCUT2D eigenvalue weighted by Gasteiger charge is 2.19. The first kappa shape index (κ1) is 10.7. The standard InChI is InChI=1S/C7H6O2.C3H6O2/c8-7(9)6-4-2-1-3-5-6;4-1-3-2-5-3/h1-5H,(H,8,9);3-4H,1-2H2. The average Bonchev–Trinajstić information content (AvgIpc) is 3.03. The summed E-state index contributed by atoms with van der Waals surface area (Å²) in [5.41, 5.74) is 0.331. The number of epoxide rings is 1. The number of aromatic carboxylic acids is 1. The molecule has 1 heterocycles. The summed E-state index contributed by atoms with van der Waals surface area (Å²) >= 11 is 0.